The highest BCUT2D eigenvalue weighted by Crippen LogP contribution is 2.10. The summed E-state index contributed by atoms with van der Waals surface area (Å²) in [7, 11) is 1.63. The zero-order valence-electron chi connectivity index (χ0n) is 11.8. The van der Waals surface area contributed by atoms with Gasteiger partial charge in [0.1, 0.15) is 0 Å². The zero-order chi connectivity index (χ0) is 15.1. The number of carbonyl (C=O) groups excluding carboxylic acids is 2. The third-order valence-electron chi connectivity index (χ3n) is 2.89. The zero-order valence-corrected chi connectivity index (χ0v) is 12.6. The van der Waals surface area contributed by atoms with Crippen LogP contribution in [0, 0.1) is 0 Å². The van der Waals surface area contributed by atoms with E-state index in [1.54, 1.807) is 19.3 Å². The van der Waals surface area contributed by atoms with Crippen molar-refractivity contribution in [3.63, 3.8) is 0 Å². The van der Waals surface area contributed by atoms with Crippen molar-refractivity contribution < 1.29 is 9.59 Å². The first-order valence-corrected chi connectivity index (χ1v) is 7.50. The van der Waals surface area contributed by atoms with Crippen molar-refractivity contribution in [1.29, 1.82) is 0 Å². The molecule has 0 aliphatic carbocycles. The molecule has 0 aromatic carbocycles. The molecule has 2 rings (SSSR count). The van der Waals surface area contributed by atoms with E-state index >= 15 is 0 Å². The lowest BCUT2D eigenvalue weighted by Gasteiger charge is -2.15. The minimum Gasteiger partial charge on any atom is -0.354 e. The Kier molecular flexibility index (Phi) is 5.45. The second-order valence-electron chi connectivity index (χ2n) is 4.56. The van der Waals surface area contributed by atoms with Crippen molar-refractivity contribution in [2.75, 3.05) is 20.1 Å². The topological polar surface area (TPSA) is 62.3 Å². The maximum absolute atomic E-state index is 12.0. The standard InChI is InChI=1S/C15H17N3O2S/c1-18(15(20)13-6-4-10-21-13)11-14(19)17-9-7-12-5-2-3-8-16-12/h2-6,8,10H,7,9,11H2,1H3,(H,17,19). The van der Waals surface area contributed by atoms with Gasteiger partial charge in [0, 0.05) is 31.9 Å². The number of pyridine rings is 1. The molecule has 0 saturated heterocycles. The Balaban J connectivity index is 1.73. The predicted molar refractivity (Wildman–Crippen MR) is 82.2 cm³/mol. The molecule has 110 valence electrons. The molecule has 0 saturated carbocycles. The number of carbonyl (C=O) groups is 2. The van der Waals surface area contributed by atoms with Gasteiger partial charge >= 0.3 is 0 Å². The van der Waals surface area contributed by atoms with E-state index in [-0.39, 0.29) is 18.4 Å². The Morgan fingerprint density at radius 1 is 1.29 bits per heavy atom. The summed E-state index contributed by atoms with van der Waals surface area (Å²) in [6.45, 7) is 0.565. The van der Waals surface area contributed by atoms with Crippen LogP contribution in [0.2, 0.25) is 0 Å². The molecule has 21 heavy (non-hydrogen) atoms. The summed E-state index contributed by atoms with van der Waals surface area (Å²) in [6, 6.07) is 9.25. The van der Waals surface area contributed by atoms with Crippen LogP contribution >= 0.6 is 11.3 Å². The molecule has 1 N–H and O–H groups in total. The van der Waals surface area contributed by atoms with E-state index in [0.717, 1.165) is 5.69 Å². The number of hydrogen-bond acceptors (Lipinski definition) is 4. The molecule has 2 aromatic heterocycles. The van der Waals surface area contributed by atoms with Crippen LogP contribution in [-0.4, -0.2) is 41.8 Å². The average molecular weight is 303 g/mol. The predicted octanol–water partition coefficient (Wildman–Crippen LogP) is 1.57. The van der Waals surface area contributed by atoms with Crippen molar-refractivity contribution in [2.45, 2.75) is 6.42 Å². The Hall–Kier alpha value is -2.21. The van der Waals surface area contributed by atoms with Crippen molar-refractivity contribution in [2.24, 2.45) is 0 Å². The minimum absolute atomic E-state index is 0.0545. The quantitative estimate of drug-likeness (QED) is 0.881. The van der Waals surface area contributed by atoms with Crippen LogP contribution in [0.1, 0.15) is 15.4 Å². The lowest BCUT2D eigenvalue weighted by Crippen LogP contribution is -2.38. The molecule has 2 aromatic rings. The number of thiophene rings is 1. The van der Waals surface area contributed by atoms with E-state index in [0.29, 0.717) is 17.8 Å². The fourth-order valence-corrected chi connectivity index (χ4v) is 2.53. The van der Waals surface area contributed by atoms with Gasteiger partial charge in [-0.15, -0.1) is 11.3 Å². The van der Waals surface area contributed by atoms with Gasteiger partial charge < -0.3 is 10.2 Å². The Morgan fingerprint density at radius 2 is 2.14 bits per heavy atom. The SMILES string of the molecule is CN(CC(=O)NCCc1ccccn1)C(=O)c1cccs1. The fourth-order valence-electron chi connectivity index (χ4n) is 1.81. The summed E-state index contributed by atoms with van der Waals surface area (Å²) in [5, 5.41) is 4.63. The second kappa shape index (κ2) is 7.54. The lowest BCUT2D eigenvalue weighted by molar-refractivity contribution is -0.121. The Labute approximate surface area is 127 Å². The number of amides is 2. The van der Waals surface area contributed by atoms with Gasteiger partial charge in [-0.3, -0.25) is 14.6 Å². The van der Waals surface area contributed by atoms with Gasteiger partial charge in [-0.05, 0) is 23.6 Å². The molecule has 0 fully saturated rings. The summed E-state index contributed by atoms with van der Waals surface area (Å²) in [6.07, 6.45) is 2.40. The minimum atomic E-state index is -0.168. The molecular formula is C15H17N3O2S. The van der Waals surface area contributed by atoms with Crippen molar-refractivity contribution in [3.05, 3.63) is 52.5 Å². The highest BCUT2D eigenvalue weighted by atomic mass is 32.1. The van der Waals surface area contributed by atoms with Gasteiger partial charge in [-0.2, -0.15) is 0 Å². The first-order chi connectivity index (χ1) is 10.2. The molecule has 0 bridgehead atoms. The maximum Gasteiger partial charge on any atom is 0.264 e. The van der Waals surface area contributed by atoms with E-state index in [1.807, 2.05) is 29.6 Å². The number of likely N-dealkylation sites (N-methyl/N-ethyl adjacent to an activating group) is 1. The smallest absolute Gasteiger partial charge is 0.264 e. The van der Waals surface area contributed by atoms with Gasteiger partial charge in [0.2, 0.25) is 5.91 Å². The van der Waals surface area contributed by atoms with E-state index < -0.39 is 0 Å². The molecule has 0 atom stereocenters. The highest BCUT2D eigenvalue weighted by Gasteiger charge is 2.15. The Bertz CT molecular complexity index is 584. The molecule has 2 amide bonds. The van der Waals surface area contributed by atoms with E-state index in [9.17, 15) is 9.59 Å². The highest BCUT2D eigenvalue weighted by molar-refractivity contribution is 7.12. The molecule has 0 spiro atoms. The number of rotatable bonds is 6. The van der Waals surface area contributed by atoms with Crippen LogP contribution in [0.4, 0.5) is 0 Å². The first kappa shape index (κ1) is 15.2. The molecule has 6 heteroatoms. The van der Waals surface area contributed by atoms with Gasteiger partial charge in [0.05, 0.1) is 11.4 Å². The van der Waals surface area contributed by atoms with E-state index in [4.69, 9.17) is 0 Å². The van der Waals surface area contributed by atoms with Crippen LogP contribution in [0.5, 0.6) is 0 Å². The monoisotopic (exact) mass is 303 g/mol. The van der Waals surface area contributed by atoms with Crippen LogP contribution in [0.15, 0.2) is 41.9 Å². The number of nitrogens with one attached hydrogen (secondary N) is 1. The summed E-state index contributed by atoms with van der Waals surface area (Å²) < 4.78 is 0. The number of nitrogens with zero attached hydrogens (tertiary/aromatic N) is 2. The molecule has 5 nitrogen and oxygen atoms in total. The molecule has 2 heterocycles. The maximum atomic E-state index is 12.0. The average Bonchev–Trinajstić information content (AvgIpc) is 3.01. The fraction of sp³-hybridized carbons (Fsp3) is 0.267. The normalized spacial score (nSPS) is 10.1. The molecule has 0 aliphatic rings. The summed E-state index contributed by atoms with van der Waals surface area (Å²) in [4.78, 5) is 30.0. The van der Waals surface area contributed by atoms with Gasteiger partial charge in [0.15, 0.2) is 0 Å². The molecule has 0 radical (unpaired) electrons. The number of aromatic nitrogens is 1. The van der Waals surface area contributed by atoms with Gasteiger partial charge in [-0.1, -0.05) is 12.1 Å². The third-order valence-corrected chi connectivity index (χ3v) is 3.75. The van der Waals surface area contributed by atoms with E-state index in [2.05, 4.69) is 10.3 Å². The van der Waals surface area contributed by atoms with Crippen molar-refractivity contribution in [1.82, 2.24) is 15.2 Å². The van der Waals surface area contributed by atoms with Gasteiger partial charge in [-0.25, -0.2) is 0 Å². The van der Waals surface area contributed by atoms with Crippen LogP contribution in [0.3, 0.4) is 0 Å². The third kappa shape index (κ3) is 4.68. The molecular weight excluding hydrogens is 286 g/mol. The van der Waals surface area contributed by atoms with Crippen LogP contribution in [0.25, 0.3) is 0 Å². The van der Waals surface area contributed by atoms with Crippen LogP contribution < -0.4 is 5.32 Å². The summed E-state index contributed by atoms with van der Waals surface area (Å²) in [5.41, 5.74) is 0.931. The summed E-state index contributed by atoms with van der Waals surface area (Å²) in [5.74, 6) is -0.303. The lowest BCUT2D eigenvalue weighted by atomic mass is 10.3. The molecule has 0 aliphatic heterocycles. The molecule has 0 unspecified atom stereocenters. The Morgan fingerprint density at radius 3 is 2.81 bits per heavy atom. The second-order valence-corrected chi connectivity index (χ2v) is 5.51. The first-order valence-electron chi connectivity index (χ1n) is 6.62. The van der Waals surface area contributed by atoms with E-state index in [1.165, 1.54) is 16.2 Å². The van der Waals surface area contributed by atoms with Crippen molar-refractivity contribution >= 4 is 23.2 Å². The summed E-state index contributed by atoms with van der Waals surface area (Å²) >= 11 is 1.37. The largest absolute Gasteiger partial charge is 0.354 e. The van der Waals surface area contributed by atoms with Gasteiger partial charge in [0.25, 0.3) is 5.91 Å². The van der Waals surface area contributed by atoms with Crippen LogP contribution in [-0.2, 0) is 11.2 Å². The van der Waals surface area contributed by atoms with Crippen molar-refractivity contribution in [3.8, 4) is 0 Å². The number of hydrogen-bond donors (Lipinski definition) is 1.